The van der Waals surface area contributed by atoms with E-state index in [1.807, 2.05) is 42.5 Å². The summed E-state index contributed by atoms with van der Waals surface area (Å²) in [7, 11) is 0. The minimum atomic E-state index is -0.361. The van der Waals surface area contributed by atoms with Crippen LogP contribution in [-0.4, -0.2) is 5.97 Å². The van der Waals surface area contributed by atoms with E-state index in [0.29, 0.717) is 16.5 Å². The molecule has 0 N–H and O–H groups in total. The Labute approximate surface area is 145 Å². The summed E-state index contributed by atoms with van der Waals surface area (Å²) in [6, 6.07) is 23.6. The Kier molecular flexibility index (Phi) is 5.14. The highest BCUT2D eigenvalue weighted by molar-refractivity contribution is 6.31. The lowest BCUT2D eigenvalue weighted by Gasteiger charge is -2.08. The second-order valence-electron chi connectivity index (χ2n) is 5.13. The predicted octanol–water partition coefficient (Wildman–Crippen LogP) is 5.28. The van der Waals surface area contributed by atoms with Crippen LogP contribution in [0, 0.1) is 0 Å². The molecule has 0 saturated carbocycles. The molecule has 0 spiro atoms. The summed E-state index contributed by atoms with van der Waals surface area (Å²) in [5, 5.41) is 0.557. The van der Waals surface area contributed by atoms with E-state index in [1.165, 1.54) is 0 Å². The van der Waals surface area contributed by atoms with Crippen LogP contribution in [0.1, 0.15) is 5.56 Å². The van der Waals surface area contributed by atoms with Crippen LogP contribution in [-0.2, 0) is 11.2 Å². The maximum atomic E-state index is 12.0. The number of carbonyl (C=O) groups is 1. The molecular formula is C20H15ClO3. The van der Waals surface area contributed by atoms with Crippen molar-refractivity contribution in [3.8, 4) is 17.2 Å². The molecule has 3 aromatic carbocycles. The quantitative estimate of drug-likeness (QED) is 0.469. The smallest absolute Gasteiger partial charge is 0.315 e. The molecule has 120 valence electrons. The standard InChI is InChI=1S/C20H15ClO3/c21-19-9-5-4-6-15(19)14-20(22)24-18-12-10-17(11-13-18)23-16-7-2-1-3-8-16/h1-13H,14H2. The summed E-state index contributed by atoms with van der Waals surface area (Å²) in [6.07, 6.45) is 0.127. The molecule has 0 unspecified atom stereocenters. The van der Waals surface area contributed by atoms with Crippen LogP contribution in [0.25, 0.3) is 0 Å². The van der Waals surface area contributed by atoms with Crippen LogP contribution in [0.15, 0.2) is 78.9 Å². The van der Waals surface area contributed by atoms with Crippen LogP contribution >= 0.6 is 11.6 Å². The SMILES string of the molecule is O=C(Cc1ccccc1Cl)Oc1ccc(Oc2ccccc2)cc1. The maximum absolute atomic E-state index is 12.0. The van der Waals surface area contributed by atoms with Gasteiger partial charge in [-0.25, -0.2) is 0 Å². The molecule has 0 aliphatic carbocycles. The van der Waals surface area contributed by atoms with Gasteiger partial charge in [-0.3, -0.25) is 4.79 Å². The van der Waals surface area contributed by atoms with Gasteiger partial charge in [0.1, 0.15) is 17.2 Å². The number of esters is 1. The third kappa shape index (κ3) is 4.37. The van der Waals surface area contributed by atoms with Gasteiger partial charge in [0.25, 0.3) is 0 Å². The van der Waals surface area contributed by atoms with Crippen LogP contribution in [0.5, 0.6) is 17.2 Å². The Balaban J connectivity index is 1.60. The van der Waals surface area contributed by atoms with E-state index >= 15 is 0 Å². The molecule has 4 heteroatoms. The van der Waals surface area contributed by atoms with Crippen LogP contribution in [0.4, 0.5) is 0 Å². The number of ether oxygens (including phenoxy) is 2. The van der Waals surface area contributed by atoms with Crippen LogP contribution in [0.2, 0.25) is 5.02 Å². The summed E-state index contributed by atoms with van der Waals surface area (Å²) < 4.78 is 11.0. The first-order chi connectivity index (χ1) is 11.7. The zero-order chi connectivity index (χ0) is 16.8. The van der Waals surface area contributed by atoms with E-state index in [-0.39, 0.29) is 12.4 Å². The Morgan fingerprint density at radius 2 is 1.33 bits per heavy atom. The Hall–Kier alpha value is -2.78. The van der Waals surface area contributed by atoms with Gasteiger partial charge in [-0.15, -0.1) is 0 Å². The molecule has 3 aromatic rings. The molecule has 0 atom stereocenters. The van der Waals surface area contributed by atoms with E-state index < -0.39 is 0 Å². The minimum absolute atomic E-state index is 0.127. The van der Waals surface area contributed by atoms with Crippen molar-refractivity contribution in [1.29, 1.82) is 0 Å². The van der Waals surface area contributed by atoms with Crippen molar-refractivity contribution in [1.82, 2.24) is 0 Å². The average molecular weight is 339 g/mol. The van der Waals surface area contributed by atoms with Gasteiger partial charge >= 0.3 is 5.97 Å². The number of para-hydroxylation sites is 1. The van der Waals surface area contributed by atoms with E-state index in [9.17, 15) is 4.79 Å². The number of carbonyl (C=O) groups excluding carboxylic acids is 1. The van der Waals surface area contributed by atoms with Gasteiger partial charge in [0.05, 0.1) is 6.42 Å². The highest BCUT2D eigenvalue weighted by Gasteiger charge is 2.09. The van der Waals surface area contributed by atoms with Crippen molar-refractivity contribution < 1.29 is 14.3 Å². The number of hydrogen-bond acceptors (Lipinski definition) is 3. The molecule has 0 heterocycles. The number of hydrogen-bond donors (Lipinski definition) is 0. The van der Waals surface area contributed by atoms with Gasteiger partial charge in [-0.1, -0.05) is 48.0 Å². The third-order valence-electron chi connectivity index (χ3n) is 3.33. The summed E-state index contributed by atoms with van der Waals surface area (Å²) in [5.74, 6) is 1.53. The van der Waals surface area contributed by atoms with E-state index in [0.717, 1.165) is 11.3 Å². The molecule has 0 aromatic heterocycles. The molecule has 0 aliphatic rings. The molecule has 0 fully saturated rings. The number of benzene rings is 3. The Bertz CT molecular complexity index is 814. The predicted molar refractivity (Wildman–Crippen MR) is 93.7 cm³/mol. The van der Waals surface area contributed by atoms with Gasteiger partial charge in [0.2, 0.25) is 0 Å². The van der Waals surface area contributed by atoms with Crippen molar-refractivity contribution >= 4 is 17.6 Å². The minimum Gasteiger partial charge on any atom is -0.457 e. The van der Waals surface area contributed by atoms with E-state index in [2.05, 4.69) is 0 Å². The van der Waals surface area contributed by atoms with Gasteiger partial charge in [0.15, 0.2) is 0 Å². The summed E-state index contributed by atoms with van der Waals surface area (Å²) >= 11 is 6.04. The summed E-state index contributed by atoms with van der Waals surface area (Å²) in [4.78, 5) is 12.0. The molecule has 0 aliphatic heterocycles. The highest BCUT2D eigenvalue weighted by Crippen LogP contribution is 2.24. The van der Waals surface area contributed by atoms with E-state index in [4.69, 9.17) is 21.1 Å². The van der Waals surface area contributed by atoms with Gasteiger partial charge in [0, 0.05) is 5.02 Å². The Morgan fingerprint density at radius 3 is 2.04 bits per heavy atom. The lowest BCUT2D eigenvalue weighted by atomic mass is 10.1. The van der Waals surface area contributed by atoms with Gasteiger partial charge in [-0.2, -0.15) is 0 Å². The summed E-state index contributed by atoms with van der Waals surface area (Å²) in [5.41, 5.74) is 0.744. The largest absolute Gasteiger partial charge is 0.457 e. The number of rotatable bonds is 5. The lowest BCUT2D eigenvalue weighted by Crippen LogP contribution is -2.11. The normalized spacial score (nSPS) is 10.2. The van der Waals surface area contributed by atoms with Crippen LogP contribution < -0.4 is 9.47 Å². The molecule has 0 saturated heterocycles. The zero-order valence-electron chi connectivity index (χ0n) is 12.8. The third-order valence-corrected chi connectivity index (χ3v) is 3.70. The topological polar surface area (TPSA) is 35.5 Å². The first kappa shape index (κ1) is 16.1. The van der Waals surface area contributed by atoms with Crippen molar-refractivity contribution in [2.45, 2.75) is 6.42 Å². The molecular weight excluding hydrogens is 324 g/mol. The average Bonchev–Trinajstić information content (AvgIpc) is 2.60. The van der Waals surface area contributed by atoms with Gasteiger partial charge in [-0.05, 0) is 48.0 Å². The van der Waals surface area contributed by atoms with Gasteiger partial charge < -0.3 is 9.47 Å². The molecule has 0 bridgehead atoms. The lowest BCUT2D eigenvalue weighted by molar-refractivity contribution is -0.133. The van der Waals surface area contributed by atoms with Crippen molar-refractivity contribution in [2.24, 2.45) is 0 Å². The fourth-order valence-electron chi connectivity index (χ4n) is 2.17. The molecule has 24 heavy (non-hydrogen) atoms. The first-order valence-electron chi connectivity index (χ1n) is 7.48. The van der Waals surface area contributed by atoms with Crippen LogP contribution in [0.3, 0.4) is 0 Å². The number of halogens is 1. The second kappa shape index (κ2) is 7.66. The maximum Gasteiger partial charge on any atom is 0.315 e. The van der Waals surface area contributed by atoms with Crippen molar-refractivity contribution in [3.05, 3.63) is 89.4 Å². The second-order valence-corrected chi connectivity index (χ2v) is 5.54. The van der Waals surface area contributed by atoms with Crippen molar-refractivity contribution in [3.63, 3.8) is 0 Å². The first-order valence-corrected chi connectivity index (χ1v) is 7.85. The monoisotopic (exact) mass is 338 g/mol. The zero-order valence-corrected chi connectivity index (χ0v) is 13.6. The fourth-order valence-corrected chi connectivity index (χ4v) is 2.37. The fraction of sp³-hybridized carbons (Fsp3) is 0.0500. The van der Waals surface area contributed by atoms with E-state index in [1.54, 1.807) is 36.4 Å². The highest BCUT2D eigenvalue weighted by atomic mass is 35.5. The van der Waals surface area contributed by atoms with Crippen molar-refractivity contribution in [2.75, 3.05) is 0 Å². The molecule has 0 radical (unpaired) electrons. The molecule has 0 amide bonds. The summed E-state index contributed by atoms with van der Waals surface area (Å²) in [6.45, 7) is 0. The Morgan fingerprint density at radius 1 is 0.750 bits per heavy atom. The molecule has 3 nitrogen and oxygen atoms in total. The molecule has 3 rings (SSSR count).